The molecule has 0 atom stereocenters. The molecule has 2 aromatic rings. The number of carbonyl (C=O) groups excluding carboxylic acids is 1. The second-order valence-electron chi connectivity index (χ2n) is 4.14. The van der Waals surface area contributed by atoms with E-state index in [1.807, 2.05) is 0 Å². The van der Waals surface area contributed by atoms with Crippen LogP contribution in [-0.2, 0) is 0 Å². The molecule has 0 unspecified atom stereocenters. The molecule has 0 radical (unpaired) electrons. The molecule has 1 N–H and O–H groups in total. The molecule has 2 nitrogen and oxygen atoms in total. The zero-order valence-corrected chi connectivity index (χ0v) is 11.8. The van der Waals surface area contributed by atoms with Crippen LogP contribution in [-0.4, -0.2) is 5.91 Å². The van der Waals surface area contributed by atoms with Crippen LogP contribution in [0, 0.1) is 18.6 Å². The predicted molar refractivity (Wildman–Crippen MR) is 75.5 cm³/mol. The van der Waals surface area contributed by atoms with Gasteiger partial charge in [-0.3, -0.25) is 4.79 Å². The van der Waals surface area contributed by atoms with Crippen LogP contribution in [0.1, 0.15) is 15.9 Å². The van der Waals surface area contributed by atoms with Gasteiger partial charge >= 0.3 is 0 Å². The lowest BCUT2D eigenvalue weighted by Gasteiger charge is -2.10. The highest BCUT2D eigenvalue weighted by Gasteiger charge is 2.16. The molecule has 2 rings (SSSR count). The van der Waals surface area contributed by atoms with E-state index in [-0.39, 0.29) is 10.7 Å². The fourth-order valence-electron chi connectivity index (χ4n) is 1.61. The third-order valence-corrected chi connectivity index (χ3v) is 3.41. The zero-order valence-electron chi connectivity index (χ0n) is 10.3. The van der Waals surface area contributed by atoms with Crippen molar-refractivity contribution < 1.29 is 13.6 Å². The Morgan fingerprint density at radius 2 is 1.85 bits per heavy atom. The number of halogens is 4. The molecule has 6 heteroatoms. The van der Waals surface area contributed by atoms with E-state index in [2.05, 4.69) is 5.32 Å². The summed E-state index contributed by atoms with van der Waals surface area (Å²) < 4.78 is 26.6. The molecular weight excluding hydrogens is 307 g/mol. The first kappa shape index (κ1) is 14.8. The number of anilines is 1. The number of nitrogens with one attached hydrogen (secondary N) is 1. The summed E-state index contributed by atoms with van der Waals surface area (Å²) in [6.07, 6.45) is 0. The summed E-state index contributed by atoms with van der Waals surface area (Å²) in [5.41, 5.74) is 0.570. The van der Waals surface area contributed by atoms with Crippen molar-refractivity contribution in [2.24, 2.45) is 0 Å². The van der Waals surface area contributed by atoms with E-state index < -0.39 is 23.1 Å². The summed E-state index contributed by atoms with van der Waals surface area (Å²) in [4.78, 5) is 11.9. The third-order valence-electron chi connectivity index (χ3n) is 2.69. The lowest BCUT2D eigenvalue weighted by molar-refractivity contribution is 0.102. The second-order valence-corrected chi connectivity index (χ2v) is 4.95. The molecule has 0 fully saturated rings. The van der Waals surface area contributed by atoms with Gasteiger partial charge < -0.3 is 5.32 Å². The van der Waals surface area contributed by atoms with Crippen LogP contribution >= 0.6 is 23.2 Å². The van der Waals surface area contributed by atoms with Crippen molar-refractivity contribution in [3.8, 4) is 0 Å². The van der Waals surface area contributed by atoms with Crippen molar-refractivity contribution in [1.82, 2.24) is 0 Å². The minimum Gasteiger partial charge on any atom is -0.320 e. The number of aryl methyl sites for hydroxylation is 1. The molecule has 0 aliphatic carbocycles. The van der Waals surface area contributed by atoms with E-state index in [1.165, 1.54) is 18.2 Å². The van der Waals surface area contributed by atoms with Crippen LogP contribution in [0.5, 0.6) is 0 Å². The summed E-state index contributed by atoms with van der Waals surface area (Å²) in [7, 11) is 0. The maximum Gasteiger partial charge on any atom is 0.258 e. The van der Waals surface area contributed by atoms with Gasteiger partial charge in [0.2, 0.25) is 0 Å². The monoisotopic (exact) mass is 315 g/mol. The smallest absolute Gasteiger partial charge is 0.258 e. The largest absolute Gasteiger partial charge is 0.320 e. The summed E-state index contributed by atoms with van der Waals surface area (Å²) >= 11 is 11.9. The van der Waals surface area contributed by atoms with Gasteiger partial charge in [-0.25, -0.2) is 8.78 Å². The lowest BCUT2D eigenvalue weighted by Crippen LogP contribution is -2.15. The van der Waals surface area contributed by atoms with Gasteiger partial charge in [0.15, 0.2) is 11.6 Å². The van der Waals surface area contributed by atoms with Gasteiger partial charge in [-0.05, 0) is 36.8 Å². The molecule has 1 amide bonds. The molecule has 0 saturated carbocycles. The highest BCUT2D eigenvalue weighted by molar-refractivity contribution is 6.36. The quantitative estimate of drug-likeness (QED) is 0.844. The van der Waals surface area contributed by atoms with Crippen molar-refractivity contribution in [3.63, 3.8) is 0 Å². The third kappa shape index (κ3) is 2.92. The molecule has 0 aromatic heterocycles. The maximum absolute atomic E-state index is 13.5. The van der Waals surface area contributed by atoms with E-state index in [1.54, 1.807) is 13.0 Å². The van der Waals surface area contributed by atoms with Gasteiger partial charge in [-0.15, -0.1) is 0 Å². The van der Waals surface area contributed by atoms with Gasteiger partial charge in [0, 0.05) is 5.02 Å². The van der Waals surface area contributed by atoms with Crippen molar-refractivity contribution >= 4 is 34.8 Å². The van der Waals surface area contributed by atoms with Gasteiger partial charge in [0.05, 0.1) is 16.3 Å². The van der Waals surface area contributed by atoms with E-state index in [0.717, 1.165) is 11.6 Å². The van der Waals surface area contributed by atoms with Gasteiger partial charge in [-0.2, -0.15) is 0 Å². The molecule has 2 aromatic carbocycles. The van der Waals surface area contributed by atoms with E-state index >= 15 is 0 Å². The van der Waals surface area contributed by atoms with Crippen LogP contribution in [0.15, 0.2) is 30.3 Å². The average Bonchev–Trinajstić information content (AvgIpc) is 2.39. The summed E-state index contributed by atoms with van der Waals surface area (Å²) in [6.45, 7) is 1.76. The van der Waals surface area contributed by atoms with Gasteiger partial charge in [0.1, 0.15) is 0 Å². The highest BCUT2D eigenvalue weighted by Crippen LogP contribution is 2.29. The molecule has 0 saturated heterocycles. The van der Waals surface area contributed by atoms with Crippen molar-refractivity contribution in [1.29, 1.82) is 0 Å². The SMILES string of the molecule is Cc1cc(Cl)c(NC(=O)c2cccc(F)c2F)cc1Cl. The molecule has 0 bridgehead atoms. The Morgan fingerprint density at radius 1 is 1.15 bits per heavy atom. The van der Waals surface area contributed by atoms with Crippen LogP contribution in [0.3, 0.4) is 0 Å². The van der Waals surface area contributed by atoms with Crippen LogP contribution in [0.25, 0.3) is 0 Å². The Balaban J connectivity index is 2.33. The average molecular weight is 316 g/mol. The standard InChI is InChI=1S/C14H9Cl2F2NO/c1-7-5-10(16)12(6-9(7)15)19-14(20)8-3-2-4-11(17)13(8)18/h2-6H,1H3,(H,19,20). The molecule has 0 spiro atoms. The lowest BCUT2D eigenvalue weighted by atomic mass is 10.1. The Bertz CT molecular complexity index is 689. The first-order chi connectivity index (χ1) is 9.40. The molecular formula is C14H9Cl2F2NO. The Kier molecular flexibility index (Phi) is 4.26. The number of hydrogen-bond acceptors (Lipinski definition) is 1. The van der Waals surface area contributed by atoms with Gasteiger partial charge in [-0.1, -0.05) is 29.3 Å². The number of carbonyl (C=O) groups is 1. The minimum atomic E-state index is -1.21. The Labute approximate surface area is 124 Å². The number of amides is 1. The fraction of sp³-hybridized carbons (Fsp3) is 0.0714. The molecule has 20 heavy (non-hydrogen) atoms. The normalized spacial score (nSPS) is 10.4. The topological polar surface area (TPSA) is 29.1 Å². The van der Waals surface area contributed by atoms with Crippen molar-refractivity contribution in [3.05, 3.63) is 63.1 Å². The van der Waals surface area contributed by atoms with Crippen molar-refractivity contribution in [2.45, 2.75) is 6.92 Å². The molecule has 0 aliphatic heterocycles. The van der Waals surface area contributed by atoms with Gasteiger partial charge in [0.25, 0.3) is 5.91 Å². The minimum absolute atomic E-state index is 0.232. The summed E-state index contributed by atoms with van der Waals surface area (Å²) in [5.74, 6) is -3.10. The molecule has 0 aliphatic rings. The Hall–Kier alpha value is -1.65. The second kappa shape index (κ2) is 5.77. The summed E-state index contributed by atoms with van der Waals surface area (Å²) in [6, 6.07) is 6.38. The first-order valence-corrected chi connectivity index (χ1v) is 6.36. The Morgan fingerprint density at radius 3 is 2.55 bits per heavy atom. The molecule has 104 valence electrons. The van der Waals surface area contributed by atoms with Crippen LogP contribution in [0.4, 0.5) is 14.5 Å². The highest BCUT2D eigenvalue weighted by atomic mass is 35.5. The number of hydrogen-bond donors (Lipinski definition) is 1. The fourth-order valence-corrected chi connectivity index (χ4v) is 2.04. The van der Waals surface area contributed by atoms with Crippen molar-refractivity contribution in [2.75, 3.05) is 5.32 Å². The van der Waals surface area contributed by atoms with Crippen LogP contribution in [0.2, 0.25) is 10.0 Å². The molecule has 0 heterocycles. The summed E-state index contributed by atoms with van der Waals surface area (Å²) in [5, 5.41) is 3.07. The zero-order chi connectivity index (χ0) is 14.9. The predicted octanol–water partition coefficient (Wildman–Crippen LogP) is 4.83. The van der Waals surface area contributed by atoms with E-state index in [4.69, 9.17) is 23.2 Å². The maximum atomic E-state index is 13.5. The first-order valence-electron chi connectivity index (χ1n) is 5.61. The van der Waals surface area contributed by atoms with E-state index in [9.17, 15) is 13.6 Å². The van der Waals surface area contributed by atoms with E-state index in [0.29, 0.717) is 5.02 Å². The van der Waals surface area contributed by atoms with Crippen LogP contribution < -0.4 is 5.32 Å². The number of rotatable bonds is 2. The number of benzene rings is 2.